The summed E-state index contributed by atoms with van der Waals surface area (Å²) in [5, 5.41) is 3.00. The lowest BCUT2D eigenvalue weighted by atomic mass is 10.1. The number of rotatable bonds is 5. The molecule has 0 radical (unpaired) electrons. The van der Waals surface area contributed by atoms with Gasteiger partial charge in [0.1, 0.15) is 0 Å². The first-order valence-electron chi connectivity index (χ1n) is 8.80. The summed E-state index contributed by atoms with van der Waals surface area (Å²) in [5.41, 5.74) is 2.03. The van der Waals surface area contributed by atoms with Crippen LogP contribution in [-0.2, 0) is 9.53 Å². The van der Waals surface area contributed by atoms with E-state index in [9.17, 15) is 9.59 Å². The van der Waals surface area contributed by atoms with Gasteiger partial charge >= 0.3 is 5.97 Å². The van der Waals surface area contributed by atoms with E-state index < -0.39 is 11.9 Å². The molecule has 0 atom stereocenters. The number of esters is 1. The van der Waals surface area contributed by atoms with Crippen molar-refractivity contribution in [3.63, 3.8) is 0 Å². The van der Waals surface area contributed by atoms with E-state index in [1.807, 2.05) is 24.3 Å². The molecule has 1 amide bonds. The Morgan fingerprint density at radius 1 is 1.07 bits per heavy atom. The van der Waals surface area contributed by atoms with Crippen LogP contribution in [0, 0.1) is 0 Å². The first kappa shape index (κ1) is 19.7. The van der Waals surface area contributed by atoms with E-state index in [1.165, 1.54) is 19.3 Å². The first-order valence-corrected chi connectivity index (χ1v) is 9.97. The molecule has 5 nitrogen and oxygen atoms in total. The second-order valence-electron chi connectivity index (χ2n) is 6.34. The van der Waals surface area contributed by atoms with E-state index in [-0.39, 0.29) is 17.2 Å². The van der Waals surface area contributed by atoms with Gasteiger partial charge in [0.2, 0.25) is 0 Å². The highest BCUT2D eigenvalue weighted by Gasteiger charge is 2.15. The number of amides is 1. The smallest absolute Gasteiger partial charge is 0.340 e. The molecule has 0 saturated carbocycles. The molecule has 7 heteroatoms. The Hall–Kier alpha value is -2.05. The largest absolute Gasteiger partial charge is 0.452 e. The van der Waals surface area contributed by atoms with Crippen molar-refractivity contribution in [3.8, 4) is 0 Å². The van der Waals surface area contributed by atoms with Crippen LogP contribution in [0.2, 0.25) is 5.02 Å². The molecular formula is C20H20BrClN2O3. The predicted molar refractivity (Wildman–Crippen MR) is 111 cm³/mol. The van der Waals surface area contributed by atoms with Gasteiger partial charge in [-0.2, -0.15) is 0 Å². The zero-order valence-corrected chi connectivity index (χ0v) is 17.1. The summed E-state index contributed by atoms with van der Waals surface area (Å²) in [5.74, 6) is -1.04. The second kappa shape index (κ2) is 9.24. The third-order valence-corrected chi connectivity index (χ3v) is 5.18. The van der Waals surface area contributed by atoms with Crippen molar-refractivity contribution in [2.45, 2.75) is 19.3 Å². The van der Waals surface area contributed by atoms with Crippen molar-refractivity contribution in [2.75, 3.05) is 29.9 Å². The van der Waals surface area contributed by atoms with Gasteiger partial charge in [0, 0.05) is 28.9 Å². The number of hydrogen-bond donors (Lipinski definition) is 1. The number of carbonyl (C=O) groups excluding carboxylic acids is 2. The van der Waals surface area contributed by atoms with E-state index in [0.717, 1.165) is 18.8 Å². The van der Waals surface area contributed by atoms with Gasteiger partial charge in [0.05, 0.1) is 10.6 Å². The Kier molecular flexibility index (Phi) is 6.74. The molecule has 2 aromatic rings. The number of ether oxygens (including phenoxy) is 1. The summed E-state index contributed by atoms with van der Waals surface area (Å²) in [4.78, 5) is 26.5. The molecule has 142 valence electrons. The topological polar surface area (TPSA) is 58.6 Å². The molecule has 1 fully saturated rings. The van der Waals surface area contributed by atoms with E-state index >= 15 is 0 Å². The maximum Gasteiger partial charge on any atom is 0.340 e. The number of nitrogens with one attached hydrogen (secondary N) is 1. The lowest BCUT2D eigenvalue weighted by Gasteiger charge is -2.28. The van der Waals surface area contributed by atoms with Gasteiger partial charge in [-0.3, -0.25) is 4.79 Å². The van der Waals surface area contributed by atoms with Gasteiger partial charge in [-0.25, -0.2) is 4.79 Å². The van der Waals surface area contributed by atoms with Crippen molar-refractivity contribution in [1.29, 1.82) is 0 Å². The van der Waals surface area contributed by atoms with Crippen molar-refractivity contribution >= 4 is 50.8 Å². The number of hydrogen-bond acceptors (Lipinski definition) is 4. The van der Waals surface area contributed by atoms with Crippen molar-refractivity contribution in [2.24, 2.45) is 0 Å². The van der Waals surface area contributed by atoms with Crippen LogP contribution < -0.4 is 10.2 Å². The van der Waals surface area contributed by atoms with Gasteiger partial charge < -0.3 is 15.0 Å². The lowest BCUT2D eigenvalue weighted by molar-refractivity contribution is -0.119. The fourth-order valence-corrected chi connectivity index (χ4v) is 3.52. The third kappa shape index (κ3) is 5.47. The van der Waals surface area contributed by atoms with Crippen LogP contribution in [-0.4, -0.2) is 31.6 Å². The molecule has 2 aromatic carbocycles. The highest BCUT2D eigenvalue weighted by Crippen LogP contribution is 2.23. The average molecular weight is 452 g/mol. The van der Waals surface area contributed by atoms with E-state index in [1.54, 1.807) is 18.2 Å². The summed E-state index contributed by atoms with van der Waals surface area (Å²) in [6.07, 6.45) is 3.71. The normalized spacial score (nSPS) is 13.9. The zero-order chi connectivity index (χ0) is 19.2. The summed E-state index contributed by atoms with van der Waals surface area (Å²) in [6.45, 7) is 1.76. The molecule has 0 unspecified atom stereocenters. The monoisotopic (exact) mass is 450 g/mol. The predicted octanol–water partition coefficient (Wildman–Crippen LogP) is 4.89. The third-order valence-electron chi connectivity index (χ3n) is 4.35. The molecule has 1 aliphatic heterocycles. The van der Waals surface area contributed by atoms with Crippen LogP contribution in [0.25, 0.3) is 0 Å². The SMILES string of the molecule is O=C(COC(=O)c1cc(Br)ccc1Cl)Nc1ccc(N2CCCCC2)cc1. The Morgan fingerprint density at radius 3 is 2.48 bits per heavy atom. The van der Waals surface area contributed by atoms with Gasteiger partial charge in [0.15, 0.2) is 6.61 Å². The lowest BCUT2D eigenvalue weighted by Crippen LogP contribution is -2.29. The number of benzene rings is 2. The molecule has 1 aliphatic rings. The van der Waals surface area contributed by atoms with Crippen LogP contribution in [0.5, 0.6) is 0 Å². The number of carbonyl (C=O) groups is 2. The number of piperidine rings is 1. The summed E-state index contributed by atoms with van der Waals surface area (Å²) in [6, 6.07) is 12.6. The fraction of sp³-hybridized carbons (Fsp3) is 0.300. The fourth-order valence-electron chi connectivity index (χ4n) is 2.97. The van der Waals surface area contributed by atoms with Gasteiger partial charge in [-0.05, 0) is 61.7 Å². The Morgan fingerprint density at radius 2 is 1.78 bits per heavy atom. The molecule has 1 heterocycles. The number of anilines is 2. The van der Waals surface area contributed by atoms with Crippen LogP contribution in [0.3, 0.4) is 0 Å². The average Bonchev–Trinajstić information content (AvgIpc) is 2.69. The molecule has 0 aromatic heterocycles. The minimum absolute atomic E-state index is 0.213. The van der Waals surface area contributed by atoms with Gasteiger partial charge in [-0.1, -0.05) is 27.5 Å². The number of nitrogens with zero attached hydrogens (tertiary/aromatic N) is 1. The van der Waals surface area contributed by atoms with E-state index in [4.69, 9.17) is 16.3 Å². The van der Waals surface area contributed by atoms with Crippen molar-refractivity contribution < 1.29 is 14.3 Å². The van der Waals surface area contributed by atoms with Crippen molar-refractivity contribution in [1.82, 2.24) is 0 Å². The van der Waals surface area contributed by atoms with Crippen LogP contribution >= 0.6 is 27.5 Å². The zero-order valence-electron chi connectivity index (χ0n) is 14.7. The number of halogens is 2. The Bertz CT molecular complexity index is 820. The molecule has 27 heavy (non-hydrogen) atoms. The molecule has 0 spiro atoms. The molecule has 3 rings (SSSR count). The van der Waals surface area contributed by atoms with Crippen molar-refractivity contribution in [3.05, 3.63) is 57.5 Å². The molecule has 0 aliphatic carbocycles. The quantitative estimate of drug-likeness (QED) is 0.658. The minimum Gasteiger partial charge on any atom is -0.452 e. The summed E-state index contributed by atoms with van der Waals surface area (Å²) >= 11 is 9.26. The second-order valence-corrected chi connectivity index (χ2v) is 7.67. The van der Waals surface area contributed by atoms with Crippen LogP contribution in [0.4, 0.5) is 11.4 Å². The Labute approximate surface area is 171 Å². The van der Waals surface area contributed by atoms with Crippen LogP contribution in [0.1, 0.15) is 29.6 Å². The molecule has 1 saturated heterocycles. The van der Waals surface area contributed by atoms with Gasteiger partial charge in [0.25, 0.3) is 5.91 Å². The molecular weight excluding hydrogens is 432 g/mol. The summed E-state index contributed by atoms with van der Waals surface area (Å²) < 4.78 is 5.76. The van der Waals surface area contributed by atoms with E-state index in [0.29, 0.717) is 10.2 Å². The maximum atomic E-state index is 12.1. The first-order chi connectivity index (χ1) is 13.0. The van der Waals surface area contributed by atoms with Crippen LogP contribution in [0.15, 0.2) is 46.9 Å². The van der Waals surface area contributed by atoms with Gasteiger partial charge in [-0.15, -0.1) is 0 Å². The maximum absolute atomic E-state index is 12.1. The standard InChI is InChI=1S/C20H20BrClN2O3/c21-14-4-9-18(22)17(12-14)20(26)27-13-19(25)23-15-5-7-16(8-6-15)24-10-2-1-3-11-24/h4-9,12H,1-3,10-11,13H2,(H,23,25). The highest BCUT2D eigenvalue weighted by molar-refractivity contribution is 9.10. The van der Waals surface area contributed by atoms with E-state index in [2.05, 4.69) is 26.1 Å². The summed E-state index contributed by atoms with van der Waals surface area (Å²) in [7, 11) is 0. The molecule has 1 N–H and O–H groups in total. The minimum atomic E-state index is -0.642. The highest BCUT2D eigenvalue weighted by atomic mass is 79.9. The Balaban J connectivity index is 1.51. The molecule has 0 bridgehead atoms.